The molecular weight excluding hydrogens is 645 g/mol. The van der Waals surface area contributed by atoms with Crippen LogP contribution in [0.2, 0.25) is 0 Å². The number of hydrogen-bond acceptors (Lipinski definition) is 0. The van der Waals surface area contributed by atoms with Crippen molar-refractivity contribution < 1.29 is 51.7 Å². The molecule has 2 heteroatoms. The van der Waals surface area contributed by atoms with Gasteiger partial charge in [0.25, 0.3) is 0 Å². The molecule has 0 aromatic heterocycles. The summed E-state index contributed by atoms with van der Waals surface area (Å²) in [5.74, 6) is 0.945. The van der Waals surface area contributed by atoms with E-state index < -0.39 is 0 Å². The third kappa shape index (κ3) is 6.53. The quantitative estimate of drug-likeness (QED) is 0.245. The van der Waals surface area contributed by atoms with Gasteiger partial charge in [0.2, 0.25) is 0 Å². The van der Waals surface area contributed by atoms with Gasteiger partial charge >= 0.3 is 51.7 Å². The van der Waals surface area contributed by atoms with E-state index in [0.717, 1.165) is 0 Å². The minimum atomic E-state index is 0. The van der Waals surface area contributed by atoms with Crippen molar-refractivity contribution in [3.05, 3.63) is 122 Å². The first-order valence-corrected chi connectivity index (χ1v) is 7.90. The molecule has 128 valence electrons. The molecule has 0 radical (unpaired) electrons. The Balaban J connectivity index is 0. The van der Waals surface area contributed by atoms with Crippen LogP contribution < -0.4 is 0 Å². The minimum Gasteiger partial charge on any atom is -0.358 e. The fourth-order valence-corrected chi connectivity index (χ4v) is 3.15. The summed E-state index contributed by atoms with van der Waals surface area (Å²) in [7, 11) is 0. The van der Waals surface area contributed by atoms with Gasteiger partial charge in [-0.2, -0.15) is 41.0 Å². The van der Waals surface area contributed by atoms with Gasteiger partial charge in [0.05, 0.1) is 0 Å². The fourth-order valence-electron chi connectivity index (χ4n) is 3.15. The molecular formula is C24H28Hf2+4. The Kier molecular flexibility index (Phi) is 14.4. The SMILES string of the molecule is Cc1c[c-](C2C=CC=C2)c(C2C=CC=C2)c1C.[CH3-].[CH3-].[Hf+4].[Hf+4].c1cc[cH-]c1. The van der Waals surface area contributed by atoms with Gasteiger partial charge in [-0.25, -0.2) is 12.1 Å². The molecule has 0 saturated heterocycles. The van der Waals surface area contributed by atoms with Crippen LogP contribution in [0, 0.1) is 28.7 Å². The first-order valence-electron chi connectivity index (χ1n) is 7.90. The fraction of sp³-hybridized carbons (Fsp3) is 0.167. The molecule has 2 aromatic rings. The van der Waals surface area contributed by atoms with Crippen LogP contribution in [-0.2, 0) is 51.7 Å². The second-order valence-electron chi connectivity index (χ2n) is 5.87. The van der Waals surface area contributed by atoms with Crippen LogP contribution >= 0.6 is 0 Å². The van der Waals surface area contributed by atoms with E-state index in [0.29, 0.717) is 11.8 Å². The topological polar surface area (TPSA) is 0 Å². The molecule has 2 aliphatic carbocycles. The smallest absolute Gasteiger partial charge is 0.358 e. The Hall–Kier alpha value is -0.600. The molecule has 26 heavy (non-hydrogen) atoms. The van der Waals surface area contributed by atoms with Crippen LogP contribution in [0.4, 0.5) is 0 Å². The molecule has 0 fully saturated rings. The molecule has 2 aromatic carbocycles. The molecule has 0 atom stereocenters. The Bertz CT molecular complexity index is 683. The zero-order chi connectivity index (χ0) is 15.4. The maximum absolute atomic E-state index is 2.36. The summed E-state index contributed by atoms with van der Waals surface area (Å²) in [6.07, 6.45) is 17.7. The molecule has 0 heterocycles. The molecule has 0 amide bonds. The second-order valence-corrected chi connectivity index (χ2v) is 5.87. The number of aryl methyl sites for hydroxylation is 1. The van der Waals surface area contributed by atoms with E-state index in [1.165, 1.54) is 22.3 Å². The average molecular weight is 673 g/mol. The first-order chi connectivity index (χ1) is 10.8. The number of allylic oxidation sites excluding steroid dienone is 8. The molecule has 0 unspecified atom stereocenters. The van der Waals surface area contributed by atoms with E-state index in [1.54, 1.807) is 0 Å². The third-order valence-corrected chi connectivity index (χ3v) is 4.42. The van der Waals surface area contributed by atoms with E-state index in [1.807, 2.05) is 30.3 Å². The zero-order valence-electron chi connectivity index (χ0n) is 16.2. The van der Waals surface area contributed by atoms with Crippen LogP contribution in [0.1, 0.15) is 34.1 Å². The van der Waals surface area contributed by atoms with Crippen molar-refractivity contribution in [1.29, 1.82) is 0 Å². The number of rotatable bonds is 2. The minimum absolute atomic E-state index is 0. The van der Waals surface area contributed by atoms with Crippen molar-refractivity contribution in [3.63, 3.8) is 0 Å². The molecule has 0 nitrogen and oxygen atoms in total. The summed E-state index contributed by atoms with van der Waals surface area (Å²) in [4.78, 5) is 0. The van der Waals surface area contributed by atoms with Gasteiger partial charge in [-0.15, -0.1) is 5.56 Å². The van der Waals surface area contributed by atoms with Gasteiger partial charge in [-0.3, -0.25) is 0 Å². The Labute approximate surface area is 198 Å². The molecule has 0 aliphatic heterocycles. The van der Waals surface area contributed by atoms with Gasteiger partial charge < -0.3 is 14.9 Å². The van der Waals surface area contributed by atoms with E-state index in [-0.39, 0.29) is 66.5 Å². The van der Waals surface area contributed by atoms with Crippen LogP contribution in [0.5, 0.6) is 0 Å². The summed E-state index contributed by atoms with van der Waals surface area (Å²) in [6.45, 7) is 4.46. The molecule has 0 saturated carbocycles. The maximum Gasteiger partial charge on any atom is 4.00 e. The van der Waals surface area contributed by atoms with Crippen LogP contribution in [0.3, 0.4) is 0 Å². The van der Waals surface area contributed by atoms with Crippen molar-refractivity contribution in [1.82, 2.24) is 0 Å². The van der Waals surface area contributed by atoms with E-state index in [2.05, 4.69) is 68.5 Å². The van der Waals surface area contributed by atoms with Crippen molar-refractivity contribution in [2.45, 2.75) is 25.7 Å². The molecule has 2 aliphatic rings. The van der Waals surface area contributed by atoms with Gasteiger partial charge in [0, 0.05) is 0 Å². The predicted octanol–water partition coefficient (Wildman–Crippen LogP) is 6.74. The zero-order valence-corrected chi connectivity index (χ0v) is 23.4. The van der Waals surface area contributed by atoms with E-state index in [9.17, 15) is 0 Å². The predicted molar refractivity (Wildman–Crippen MR) is 108 cm³/mol. The Morgan fingerprint density at radius 1 is 0.808 bits per heavy atom. The van der Waals surface area contributed by atoms with Crippen LogP contribution in [0.25, 0.3) is 0 Å². The standard InChI is InChI=1S/C17H17.C5H5.2CH3.2Hf/c1-12-11-16(14-7-3-4-8-14)17(13(12)2)15-9-5-6-10-15;1-2-4-5-3-1;;;;/h3-11,14-15H,1-2H3;1-5H;2*1H3;;/q4*-1;2*+4. The van der Waals surface area contributed by atoms with E-state index in [4.69, 9.17) is 0 Å². The molecule has 0 spiro atoms. The second kappa shape index (κ2) is 13.6. The van der Waals surface area contributed by atoms with Crippen LogP contribution in [0.15, 0.2) is 85.0 Å². The van der Waals surface area contributed by atoms with Crippen LogP contribution in [-0.4, -0.2) is 0 Å². The summed E-state index contributed by atoms with van der Waals surface area (Å²) < 4.78 is 0. The van der Waals surface area contributed by atoms with E-state index >= 15 is 0 Å². The van der Waals surface area contributed by atoms with Crippen molar-refractivity contribution in [3.8, 4) is 0 Å². The number of hydrogen-bond donors (Lipinski definition) is 0. The first kappa shape index (κ1) is 27.6. The third-order valence-electron chi connectivity index (χ3n) is 4.42. The monoisotopic (exact) mass is 676 g/mol. The average Bonchev–Trinajstić information content (AvgIpc) is 3.31. The van der Waals surface area contributed by atoms with Crippen molar-refractivity contribution in [2.24, 2.45) is 0 Å². The molecule has 0 bridgehead atoms. The molecule has 0 N–H and O–H groups in total. The summed E-state index contributed by atoms with van der Waals surface area (Å²) in [5.41, 5.74) is 5.85. The normalized spacial score (nSPS) is 13.9. The van der Waals surface area contributed by atoms with Gasteiger partial charge in [0.1, 0.15) is 0 Å². The van der Waals surface area contributed by atoms with Crippen molar-refractivity contribution >= 4 is 0 Å². The molecule has 4 rings (SSSR count). The summed E-state index contributed by atoms with van der Waals surface area (Å²) in [6, 6.07) is 12.4. The summed E-state index contributed by atoms with van der Waals surface area (Å²) in [5, 5.41) is 0. The van der Waals surface area contributed by atoms with Gasteiger partial charge in [-0.1, -0.05) is 62.5 Å². The Morgan fingerprint density at radius 2 is 1.31 bits per heavy atom. The maximum atomic E-state index is 2.36. The van der Waals surface area contributed by atoms with Crippen molar-refractivity contribution in [2.75, 3.05) is 0 Å². The Morgan fingerprint density at radius 3 is 1.77 bits per heavy atom. The van der Waals surface area contributed by atoms with Gasteiger partial charge in [-0.05, 0) is 11.8 Å². The van der Waals surface area contributed by atoms with Gasteiger partial charge in [0.15, 0.2) is 0 Å². The largest absolute Gasteiger partial charge is 4.00 e. The summed E-state index contributed by atoms with van der Waals surface area (Å²) >= 11 is 0.